The Hall–Kier alpha value is -2.15. The molecule has 7 heteroatoms. The molecule has 0 aliphatic heterocycles. The third-order valence-corrected chi connectivity index (χ3v) is 3.65. The molecular weight excluding hydrogens is 346 g/mol. The molecule has 2 aromatic rings. The van der Waals surface area contributed by atoms with Crippen LogP contribution in [0.25, 0.3) is 0 Å². The van der Waals surface area contributed by atoms with E-state index < -0.39 is 0 Å². The zero-order valence-corrected chi connectivity index (χ0v) is 14.2. The van der Waals surface area contributed by atoms with Crippen LogP contribution < -0.4 is 16.0 Å². The lowest BCUT2D eigenvalue weighted by atomic mass is 10.2. The van der Waals surface area contributed by atoms with Crippen LogP contribution in [0.3, 0.4) is 0 Å². The number of benzene rings is 1. The molecule has 0 aliphatic rings. The van der Waals surface area contributed by atoms with Gasteiger partial charge in [-0.1, -0.05) is 15.9 Å². The molecule has 2 rings (SSSR count). The van der Waals surface area contributed by atoms with E-state index in [9.17, 15) is 4.79 Å². The van der Waals surface area contributed by atoms with E-state index >= 15 is 0 Å². The molecule has 2 amide bonds. The first-order valence-electron chi connectivity index (χ1n) is 6.88. The van der Waals surface area contributed by atoms with Crippen LogP contribution in [0.4, 0.5) is 22.1 Å². The Morgan fingerprint density at radius 3 is 2.41 bits per heavy atom. The molecule has 0 saturated carbocycles. The molecule has 0 bridgehead atoms. The smallest absolute Gasteiger partial charge is 0.320 e. The number of aromatic nitrogens is 2. The minimum absolute atomic E-state index is 0.0644. The summed E-state index contributed by atoms with van der Waals surface area (Å²) in [4.78, 5) is 11.6. The van der Waals surface area contributed by atoms with Gasteiger partial charge in [0, 0.05) is 16.2 Å². The van der Waals surface area contributed by atoms with E-state index in [1.165, 1.54) is 0 Å². The Labute approximate surface area is 137 Å². The van der Waals surface area contributed by atoms with Gasteiger partial charge >= 0.3 is 6.03 Å². The zero-order valence-electron chi connectivity index (χ0n) is 12.6. The van der Waals surface area contributed by atoms with Crippen molar-refractivity contribution in [3.05, 3.63) is 40.4 Å². The highest BCUT2D eigenvalue weighted by molar-refractivity contribution is 9.10. The molecule has 6 nitrogen and oxygen atoms in total. The second-order valence-corrected chi connectivity index (χ2v) is 6.00. The largest absolute Gasteiger partial charge is 0.339 e. The molecule has 1 aromatic heterocycles. The van der Waals surface area contributed by atoms with Gasteiger partial charge in [0.15, 0.2) is 11.6 Å². The summed E-state index contributed by atoms with van der Waals surface area (Å²) in [5.41, 5.74) is 2.05. The lowest BCUT2D eigenvalue weighted by Gasteiger charge is -2.10. The summed E-state index contributed by atoms with van der Waals surface area (Å²) in [6.07, 6.45) is 0. The van der Waals surface area contributed by atoms with Gasteiger partial charge in [-0.3, -0.25) is 5.32 Å². The molecular formula is C15H18BrN5O. The van der Waals surface area contributed by atoms with E-state index in [0.717, 1.165) is 15.7 Å². The summed E-state index contributed by atoms with van der Waals surface area (Å²) >= 11 is 3.46. The first kappa shape index (κ1) is 16.2. The van der Waals surface area contributed by atoms with Gasteiger partial charge in [-0.25, -0.2) is 4.79 Å². The van der Waals surface area contributed by atoms with Crippen molar-refractivity contribution in [1.82, 2.24) is 15.5 Å². The number of rotatable bonds is 4. The Balaban J connectivity index is 1.99. The van der Waals surface area contributed by atoms with Gasteiger partial charge in [-0.05, 0) is 56.7 Å². The maximum atomic E-state index is 11.6. The Bertz CT molecular complexity index is 657. The van der Waals surface area contributed by atoms with E-state index in [4.69, 9.17) is 0 Å². The second-order valence-electron chi connectivity index (χ2n) is 5.15. The SMILES string of the molecule is Cc1cc(Nc2ccc(NC(=O)NC(C)C)nn2)ccc1Br. The third-order valence-electron chi connectivity index (χ3n) is 2.76. The van der Waals surface area contributed by atoms with Gasteiger partial charge in [0.2, 0.25) is 0 Å². The number of carbonyl (C=O) groups excluding carboxylic acids is 1. The van der Waals surface area contributed by atoms with Gasteiger partial charge in [0.25, 0.3) is 0 Å². The van der Waals surface area contributed by atoms with Crippen LogP contribution in [0, 0.1) is 6.92 Å². The number of carbonyl (C=O) groups is 1. The highest BCUT2D eigenvalue weighted by atomic mass is 79.9. The fourth-order valence-electron chi connectivity index (χ4n) is 1.75. The standard InChI is InChI=1S/C15H18BrN5O/c1-9(2)17-15(22)19-14-7-6-13(20-21-14)18-11-4-5-12(16)10(3)8-11/h4-9H,1-3H3,(H,18,20)(H2,17,19,21,22). The fraction of sp³-hybridized carbons (Fsp3) is 0.267. The molecule has 0 unspecified atom stereocenters. The molecule has 0 fully saturated rings. The molecule has 0 spiro atoms. The highest BCUT2D eigenvalue weighted by Gasteiger charge is 2.05. The molecule has 0 radical (unpaired) electrons. The maximum absolute atomic E-state index is 11.6. The number of urea groups is 1. The molecule has 116 valence electrons. The maximum Gasteiger partial charge on any atom is 0.320 e. The molecule has 1 aromatic carbocycles. The third kappa shape index (κ3) is 4.70. The molecule has 0 aliphatic carbocycles. The van der Waals surface area contributed by atoms with Gasteiger partial charge < -0.3 is 10.6 Å². The predicted octanol–water partition coefficient (Wildman–Crippen LogP) is 3.82. The fourth-order valence-corrected chi connectivity index (χ4v) is 2.00. The zero-order chi connectivity index (χ0) is 16.1. The summed E-state index contributed by atoms with van der Waals surface area (Å²) in [7, 11) is 0. The van der Waals surface area contributed by atoms with Gasteiger partial charge in [0.05, 0.1) is 0 Å². The van der Waals surface area contributed by atoms with Gasteiger partial charge in [-0.15, -0.1) is 10.2 Å². The van der Waals surface area contributed by atoms with Crippen LogP contribution in [0.5, 0.6) is 0 Å². The molecule has 1 heterocycles. The number of nitrogens with zero attached hydrogens (tertiary/aromatic N) is 2. The van der Waals surface area contributed by atoms with Crippen molar-refractivity contribution in [3.63, 3.8) is 0 Å². The minimum Gasteiger partial charge on any atom is -0.339 e. The van der Waals surface area contributed by atoms with E-state index in [1.54, 1.807) is 12.1 Å². The molecule has 0 atom stereocenters. The first-order chi connectivity index (χ1) is 10.4. The van der Waals surface area contributed by atoms with Crippen molar-refractivity contribution in [2.45, 2.75) is 26.8 Å². The number of halogens is 1. The second kappa shape index (κ2) is 7.22. The highest BCUT2D eigenvalue weighted by Crippen LogP contribution is 2.22. The normalized spacial score (nSPS) is 10.4. The van der Waals surface area contributed by atoms with E-state index in [1.807, 2.05) is 39.0 Å². The average molecular weight is 364 g/mol. The predicted molar refractivity (Wildman–Crippen MR) is 91.5 cm³/mol. The number of hydrogen-bond donors (Lipinski definition) is 3. The minimum atomic E-state index is -0.298. The van der Waals surface area contributed by atoms with Crippen LogP contribution >= 0.6 is 15.9 Å². The average Bonchev–Trinajstić information content (AvgIpc) is 2.44. The number of nitrogens with one attached hydrogen (secondary N) is 3. The van der Waals surface area contributed by atoms with Crippen molar-refractivity contribution in [2.75, 3.05) is 10.6 Å². The first-order valence-corrected chi connectivity index (χ1v) is 7.68. The van der Waals surface area contributed by atoms with Crippen molar-refractivity contribution in [2.24, 2.45) is 0 Å². The quantitative estimate of drug-likeness (QED) is 0.771. The topological polar surface area (TPSA) is 78.9 Å². The molecule has 22 heavy (non-hydrogen) atoms. The Kier molecular flexibility index (Phi) is 5.32. The van der Waals surface area contributed by atoms with E-state index in [2.05, 4.69) is 42.1 Å². The lowest BCUT2D eigenvalue weighted by Crippen LogP contribution is -2.34. The summed E-state index contributed by atoms with van der Waals surface area (Å²) in [5.74, 6) is 1.01. The Morgan fingerprint density at radius 2 is 1.82 bits per heavy atom. The van der Waals surface area contributed by atoms with E-state index in [0.29, 0.717) is 11.6 Å². The van der Waals surface area contributed by atoms with E-state index in [-0.39, 0.29) is 12.1 Å². The number of aryl methyl sites for hydroxylation is 1. The van der Waals surface area contributed by atoms with Crippen LogP contribution in [0.15, 0.2) is 34.8 Å². The summed E-state index contributed by atoms with van der Waals surface area (Å²) < 4.78 is 1.06. The summed E-state index contributed by atoms with van der Waals surface area (Å²) in [5, 5.41) is 16.5. The van der Waals surface area contributed by atoms with Crippen LogP contribution in [-0.4, -0.2) is 22.3 Å². The van der Waals surface area contributed by atoms with Crippen LogP contribution in [0.1, 0.15) is 19.4 Å². The van der Waals surface area contributed by atoms with Gasteiger partial charge in [0.1, 0.15) is 0 Å². The number of hydrogen-bond acceptors (Lipinski definition) is 4. The van der Waals surface area contributed by atoms with Crippen molar-refractivity contribution in [3.8, 4) is 0 Å². The summed E-state index contributed by atoms with van der Waals surface area (Å²) in [6, 6.07) is 9.14. The van der Waals surface area contributed by atoms with Crippen LogP contribution in [-0.2, 0) is 0 Å². The number of amides is 2. The van der Waals surface area contributed by atoms with Crippen molar-refractivity contribution >= 4 is 39.3 Å². The van der Waals surface area contributed by atoms with Gasteiger partial charge in [-0.2, -0.15) is 0 Å². The molecule has 0 saturated heterocycles. The summed E-state index contributed by atoms with van der Waals surface area (Å²) in [6.45, 7) is 5.79. The lowest BCUT2D eigenvalue weighted by molar-refractivity contribution is 0.250. The number of anilines is 3. The Morgan fingerprint density at radius 1 is 1.14 bits per heavy atom. The monoisotopic (exact) mass is 363 g/mol. The van der Waals surface area contributed by atoms with Crippen molar-refractivity contribution < 1.29 is 4.79 Å². The van der Waals surface area contributed by atoms with Crippen LogP contribution in [0.2, 0.25) is 0 Å². The van der Waals surface area contributed by atoms with Crippen molar-refractivity contribution in [1.29, 1.82) is 0 Å². The molecule has 3 N–H and O–H groups in total.